The maximum atomic E-state index is 13.3. The van der Waals surface area contributed by atoms with E-state index in [4.69, 9.17) is 14.6 Å². The van der Waals surface area contributed by atoms with Crippen molar-refractivity contribution in [3.05, 3.63) is 70.8 Å². The van der Waals surface area contributed by atoms with Gasteiger partial charge in [-0.25, -0.2) is 14.5 Å². The molecule has 182 valence electrons. The molecule has 0 bridgehead atoms. The highest BCUT2D eigenvalue weighted by Gasteiger charge is 2.37. The minimum absolute atomic E-state index is 0.239. The largest absolute Gasteiger partial charge is 0.490 e. The zero-order valence-electron chi connectivity index (χ0n) is 19.7. The molecule has 3 rings (SSSR count). The lowest BCUT2D eigenvalue weighted by atomic mass is 10.0. The number of rotatable bonds is 9. The van der Waals surface area contributed by atoms with E-state index in [0.717, 1.165) is 16.0 Å². The van der Waals surface area contributed by atoms with Crippen LogP contribution < -0.4 is 19.7 Å². The van der Waals surface area contributed by atoms with Crippen LogP contribution in [0.3, 0.4) is 0 Å². The van der Waals surface area contributed by atoms with E-state index in [0.29, 0.717) is 23.2 Å². The smallest absolute Gasteiger partial charge is 0.341 e. The number of benzene rings is 2. The van der Waals surface area contributed by atoms with Crippen molar-refractivity contribution in [2.75, 3.05) is 18.1 Å². The number of aryl methyl sites for hydroxylation is 2. The van der Waals surface area contributed by atoms with Crippen LogP contribution in [-0.2, 0) is 20.8 Å². The first-order chi connectivity index (χ1) is 16.7. The van der Waals surface area contributed by atoms with Crippen LogP contribution in [0.4, 0.5) is 10.5 Å². The van der Waals surface area contributed by atoms with Crippen LogP contribution in [0.5, 0.6) is 11.5 Å². The lowest BCUT2D eigenvalue weighted by molar-refractivity contribution is -0.139. The average molecular weight is 479 g/mol. The van der Waals surface area contributed by atoms with Gasteiger partial charge in [0.1, 0.15) is 5.57 Å². The second-order valence-corrected chi connectivity index (χ2v) is 7.84. The zero-order chi connectivity index (χ0) is 25.7. The van der Waals surface area contributed by atoms with Crippen molar-refractivity contribution in [2.24, 2.45) is 0 Å². The Hall–Kier alpha value is -4.40. The van der Waals surface area contributed by atoms with Gasteiger partial charge in [-0.1, -0.05) is 12.1 Å². The van der Waals surface area contributed by atoms with Crippen LogP contribution in [-0.4, -0.2) is 42.1 Å². The first-order valence-corrected chi connectivity index (χ1v) is 10.9. The molecule has 9 nitrogen and oxygen atoms in total. The summed E-state index contributed by atoms with van der Waals surface area (Å²) in [5.74, 6) is -2.25. The summed E-state index contributed by atoms with van der Waals surface area (Å²) in [6.45, 7) is 8.93. The number of carboxylic acids is 1. The van der Waals surface area contributed by atoms with Gasteiger partial charge in [-0.3, -0.25) is 14.9 Å². The Bertz CT molecular complexity index is 1250. The number of hydrogen-bond donors (Lipinski definition) is 2. The summed E-state index contributed by atoms with van der Waals surface area (Å²) >= 11 is 0. The van der Waals surface area contributed by atoms with Crippen molar-refractivity contribution in [2.45, 2.75) is 27.2 Å². The molecule has 0 radical (unpaired) electrons. The third-order valence-corrected chi connectivity index (χ3v) is 5.32. The van der Waals surface area contributed by atoms with Crippen molar-refractivity contribution in [1.82, 2.24) is 5.32 Å². The predicted molar refractivity (Wildman–Crippen MR) is 130 cm³/mol. The van der Waals surface area contributed by atoms with Crippen molar-refractivity contribution in [3.8, 4) is 11.5 Å². The van der Waals surface area contributed by atoms with Crippen LogP contribution in [0.25, 0.3) is 6.08 Å². The second-order valence-electron chi connectivity index (χ2n) is 7.84. The van der Waals surface area contributed by atoms with E-state index in [1.54, 1.807) is 37.3 Å². The normalized spacial score (nSPS) is 14.7. The van der Waals surface area contributed by atoms with Gasteiger partial charge in [0, 0.05) is 5.56 Å². The molecule has 0 spiro atoms. The molecule has 0 aromatic heterocycles. The maximum Gasteiger partial charge on any atom is 0.341 e. The maximum absolute atomic E-state index is 13.3. The molecule has 1 aliphatic rings. The summed E-state index contributed by atoms with van der Waals surface area (Å²) in [6.07, 6.45) is 3.28. The zero-order valence-corrected chi connectivity index (χ0v) is 19.7. The van der Waals surface area contributed by atoms with Gasteiger partial charge in [0.15, 0.2) is 18.1 Å². The molecule has 9 heteroatoms. The molecule has 0 aliphatic carbocycles. The average Bonchev–Trinajstić information content (AvgIpc) is 2.78. The van der Waals surface area contributed by atoms with E-state index in [1.807, 2.05) is 13.8 Å². The number of nitrogens with one attached hydrogen (secondary N) is 1. The number of aliphatic carboxylic acids is 1. The molecule has 2 N–H and O–H groups in total. The van der Waals surface area contributed by atoms with Crippen molar-refractivity contribution >= 4 is 35.6 Å². The Kier molecular flexibility index (Phi) is 7.70. The summed E-state index contributed by atoms with van der Waals surface area (Å²) in [5.41, 5.74) is 2.97. The van der Waals surface area contributed by atoms with E-state index < -0.39 is 30.4 Å². The Labute approximate surface area is 202 Å². The first kappa shape index (κ1) is 25.2. The minimum Gasteiger partial charge on any atom is -0.490 e. The second kappa shape index (κ2) is 10.7. The number of carboxylic acid groups (broad SMARTS) is 1. The van der Waals surface area contributed by atoms with Crippen molar-refractivity contribution < 1.29 is 33.8 Å². The fourth-order valence-corrected chi connectivity index (χ4v) is 3.56. The number of allylic oxidation sites excluding steroid dienone is 1. The third kappa shape index (κ3) is 5.57. The molecule has 1 heterocycles. The van der Waals surface area contributed by atoms with Crippen molar-refractivity contribution in [3.63, 3.8) is 0 Å². The van der Waals surface area contributed by atoms with Gasteiger partial charge in [-0.15, -0.1) is 6.58 Å². The number of barbiturate groups is 1. The molecule has 2 aromatic carbocycles. The summed E-state index contributed by atoms with van der Waals surface area (Å²) in [7, 11) is 0. The van der Waals surface area contributed by atoms with E-state index >= 15 is 0 Å². The van der Waals surface area contributed by atoms with Crippen LogP contribution >= 0.6 is 0 Å². The van der Waals surface area contributed by atoms with Gasteiger partial charge in [0.25, 0.3) is 11.8 Å². The lowest BCUT2D eigenvalue weighted by Crippen LogP contribution is -2.54. The number of anilines is 1. The number of urea groups is 1. The van der Waals surface area contributed by atoms with Crippen LogP contribution in [0, 0.1) is 13.8 Å². The van der Waals surface area contributed by atoms with E-state index in [1.165, 1.54) is 12.1 Å². The summed E-state index contributed by atoms with van der Waals surface area (Å²) in [6, 6.07) is 7.47. The molecule has 1 fully saturated rings. The molecule has 2 aromatic rings. The van der Waals surface area contributed by atoms with Crippen LogP contribution in [0.2, 0.25) is 0 Å². The summed E-state index contributed by atoms with van der Waals surface area (Å²) < 4.78 is 11.1. The highest BCUT2D eigenvalue weighted by molar-refractivity contribution is 6.39. The SMILES string of the molecule is C=CCc1cc(C=C2C(=O)NC(=O)N(c3ccc(C)c(C)c3)C2=O)cc(OCC)c1OCC(=O)O. The Morgan fingerprint density at radius 2 is 1.86 bits per heavy atom. The number of amides is 4. The number of carbonyl (C=O) groups excluding carboxylic acids is 3. The van der Waals surface area contributed by atoms with Gasteiger partial charge >= 0.3 is 12.0 Å². The predicted octanol–water partition coefficient (Wildman–Crippen LogP) is 3.56. The van der Waals surface area contributed by atoms with Gasteiger partial charge in [-0.2, -0.15) is 0 Å². The molecule has 0 saturated carbocycles. The van der Waals surface area contributed by atoms with E-state index in [9.17, 15) is 19.2 Å². The van der Waals surface area contributed by atoms with E-state index in [2.05, 4.69) is 11.9 Å². The lowest BCUT2D eigenvalue weighted by Gasteiger charge is -2.27. The minimum atomic E-state index is -1.15. The Morgan fingerprint density at radius 1 is 1.11 bits per heavy atom. The molecular formula is C26H26N2O7. The summed E-state index contributed by atoms with van der Waals surface area (Å²) in [4.78, 5) is 50.3. The fraction of sp³-hybridized carbons (Fsp3) is 0.231. The summed E-state index contributed by atoms with van der Waals surface area (Å²) in [5, 5.41) is 11.2. The Balaban J connectivity index is 2.08. The van der Waals surface area contributed by atoms with Crippen molar-refractivity contribution in [1.29, 1.82) is 0 Å². The number of ether oxygens (including phenoxy) is 2. The van der Waals surface area contributed by atoms with Gasteiger partial charge in [0.05, 0.1) is 12.3 Å². The van der Waals surface area contributed by atoms with Crippen LogP contribution in [0.15, 0.2) is 48.6 Å². The quantitative estimate of drug-likeness (QED) is 0.321. The number of nitrogens with zero attached hydrogens (tertiary/aromatic N) is 1. The topological polar surface area (TPSA) is 122 Å². The molecule has 0 unspecified atom stereocenters. The van der Waals surface area contributed by atoms with Crippen LogP contribution in [0.1, 0.15) is 29.2 Å². The highest BCUT2D eigenvalue weighted by Crippen LogP contribution is 2.35. The monoisotopic (exact) mass is 478 g/mol. The van der Waals surface area contributed by atoms with Gasteiger partial charge < -0.3 is 14.6 Å². The molecule has 1 aliphatic heterocycles. The number of carbonyl (C=O) groups is 4. The Morgan fingerprint density at radius 3 is 2.49 bits per heavy atom. The highest BCUT2D eigenvalue weighted by atomic mass is 16.5. The fourth-order valence-electron chi connectivity index (χ4n) is 3.56. The molecular weight excluding hydrogens is 452 g/mol. The number of hydrogen-bond acceptors (Lipinski definition) is 6. The molecule has 0 atom stereocenters. The molecule has 4 amide bonds. The van der Waals surface area contributed by atoms with Gasteiger partial charge in [-0.05, 0) is 74.2 Å². The van der Waals surface area contributed by atoms with E-state index in [-0.39, 0.29) is 23.7 Å². The third-order valence-electron chi connectivity index (χ3n) is 5.32. The molecule has 35 heavy (non-hydrogen) atoms. The molecule has 1 saturated heterocycles. The van der Waals surface area contributed by atoms with Gasteiger partial charge in [0.2, 0.25) is 0 Å². The number of imide groups is 2. The standard InChI is InChI=1S/C26H26N2O7/c1-5-7-18-11-17(13-21(34-6-2)23(18)35-14-22(29)30)12-20-24(31)27-26(33)28(25(20)32)19-9-8-15(3)16(4)10-19/h5,8-13H,1,6-7,14H2,2-4H3,(H,29,30)(H,27,31,33). The first-order valence-electron chi connectivity index (χ1n) is 10.9.